The summed E-state index contributed by atoms with van der Waals surface area (Å²) in [5.41, 5.74) is -2.74. The number of Topliss-reactive ketones (excluding diaryl/α,β-unsaturated/α-hetero) is 1. The monoisotopic (exact) mass is 376 g/mol. The molecule has 0 aromatic rings. The van der Waals surface area contributed by atoms with E-state index in [1.165, 1.54) is 0 Å². The molecule has 1 saturated heterocycles. The Morgan fingerprint density at radius 1 is 1.26 bits per heavy atom. The molecule has 0 aromatic carbocycles. The molecule has 1 aliphatic heterocycles. The van der Waals surface area contributed by atoms with E-state index < -0.39 is 34.1 Å². The van der Waals surface area contributed by atoms with Gasteiger partial charge in [0, 0.05) is 25.6 Å². The summed E-state index contributed by atoms with van der Waals surface area (Å²) in [7, 11) is 1.56. The van der Waals surface area contributed by atoms with Crippen LogP contribution in [0.2, 0.25) is 0 Å². The summed E-state index contributed by atoms with van der Waals surface area (Å²) in [6.45, 7) is 4.02. The Hall–Kier alpha value is -1.53. The van der Waals surface area contributed by atoms with E-state index in [1.807, 2.05) is 19.9 Å². The molecule has 2 saturated carbocycles. The molecule has 2 spiro atoms. The fourth-order valence-corrected chi connectivity index (χ4v) is 6.66. The Balaban J connectivity index is 1.87. The zero-order chi connectivity index (χ0) is 19.6. The van der Waals surface area contributed by atoms with Gasteiger partial charge in [0.1, 0.15) is 12.0 Å². The van der Waals surface area contributed by atoms with Gasteiger partial charge >= 0.3 is 5.97 Å². The summed E-state index contributed by atoms with van der Waals surface area (Å²) in [6.07, 6.45) is 5.24. The third-order valence-corrected chi connectivity index (χ3v) is 7.95. The van der Waals surface area contributed by atoms with Crippen molar-refractivity contribution in [3.05, 3.63) is 12.2 Å². The Bertz CT molecular complexity index is 724. The van der Waals surface area contributed by atoms with Crippen LogP contribution in [0.5, 0.6) is 0 Å². The van der Waals surface area contributed by atoms with Crippen LogP contribution in [0.15, 0.2) is 12.2 Å². The molecule has 4 aliphatic rings. The smallest absolute Gasteiger partial charge is 0.320 e. The number of allylic oxidation sites excluding steroid dienone is 2. The largest absolute Gasteiger partial charge is 0.464 e. The Labute approximate surface area is 159 Å². The number of rotatable bonds is 3. The predicted molar refractivity (Wildman–Crippen MR) is 95.5 cm³/mol. The van der Waals surface area contributed by atoms with Crippen molar-refractivity contribution in [2.45, 2.75) is 33.1 Å². The molecule has 3 fully saturated rings. The van der Waals surface area contributed by atoms with E-state index in [0.29, 0.717) is 19.4 Å². The third kappa shape index (κ3) is 2.17. The van der Waals surface area contributed by atoms with Gasteiger partial charge < -0.3 is 14.6 Å². The lowest BCUT2D eigenvalue weighted by molar-refractivity contribution is -0.205. The maximum Gasteiger partial charge on any atom is 0.320 e. The molecule has 6 nitrogen and oxygen atoms in total. The fourth-order valence-electron chi connectivity index (χ4n) is 6.66. The molecule has 148 valence electrons. The minimum absolute atomic E-state index is 0.0526. The second-order valence-corrected chi connectivity index (χ2v) is 9.36. The number of esters is 1. The normalized spacial score (nSPS) is 45.1. The molecule has 1 heterocycles. The molecule has 0 unspecified atom stereocenters. The van der Waals surface area contributed by atoms with Gasteiger partial charge in [0.25, 0.3) is 0 Å². The number of methoxy groups -OCH3 is 1. The first kappa shape index (κ1) is 18.8. The van der Waals surface area contributed by atoms with E-state index >= 15 is 0 Å². The van der Waals surface area contributed by atoms with Gasteiger partial charge in [0.15, 0.2) is 11.6 Å². The van der Waals surface area contributed by atoms with Gasteiger partial charge in [0.2, 0.25) is 0 Å². The van der Waals surface area contributed by atoms with Crippen LogP contribution in [-0.2, 0) is 23.9 Å². The maximum absolute atomic E-state index is 13.5. The topological polar surface area (TPSA) is 89.9 Å². The highest BCUT2D eigenvalue weighted by atomic mass is 16.5. The van der Waals surface area contributed by atoms with Gasteiger partial charge in [-0.05, 0) is 42.6 Å². The molecule has 4 rings (SSSR count). The first-order chi connectivity index (χ1) is 12.8. The molecule has 1 N–H and O–H groups in total. The first-order valence-corrected chi connectivity index (χ1v) is 9.80. The van der Waals surface area contributed by atoms with Gasteiger partial charge in [0.05, 0.1) is 12.0 Å². The van der Waals surface area contributed by atoms with Crippen molar-refractivity contribution in [2.24, 2.45) is 39.9 Å². The summed E-state index contributed by atoms with van der Waals surface area (Å²) in [5.74, 6) is -1.79. The molecule has 0 radical (unpaired) electrons. The number of aliphatic hydroxyl groups is 1. The number of aliphatic hydroxyl groups excluding tert-OH is 1. The lowest BCUT2D eigenvalue weighted by Gasteiger charge is -2.58. The highest BCUT2D eigenvalue weighted by Gasteiger charge is 2.74. The highest BCUT2D eigenvalue weighted by Crippen LogP contribution is 2.66. The number of ketones is 2. The second-order valence-electron chi connectivity index (χ2n) is 9.36. The van der Waals surface area contributed by atoms with Crippen molar-refractivity contribution in [1.29, 1.82) is 0 Å². The number of cyclic esters (lactones) is 1. The lowest BCUT2D eigenvalue weighted by Crippen LogP contribution is -2.66. The molecule has 0 aromatic heterocycles. The van der Waals surface area contributed by atoms with Gasteiger partial charge in [-0.25, -0.2) is 0 Å². The molecule has 6 heteroatoms. The molecular weight excluding hydrogens is 348 g/mol. The molecule has 2 bridgehead atoms. The van der Waals surface area contributed by atoms with Crippen LogP contribution < -0.4 is 0 Å². The number of carbonyl (C=O) groups is 3. The second kappa shape index (κ2) is 5.98. The number of carbonyl (C=O) groups excluding carboxylic acids is 3. The van der Waals surface area contributed by atoms with E-state index in [2.05, 4.69) is 0 Å². The van der Waals surface area contributed by atoms with Crippen molar-refractivity contribution >= 4 is 17.5 Å². The van der Waals surface area contributed by atoms with Crippen LogP contribution in [0, 0.1) is 39.9 Å². The Kier molecular flexibility index (Phi) is 4.17. The molecule has 3 aliphatic carbocycles. The van der Waals surface area contributed by atoms with Crippen LogP contribution in [0.1, 0.15) is 33.1 Å². The van der Waals surface area contributed by atoms with Crippen LogP contribution in [0.25, 0.3) is 0 Å². The minimum Gasteiger partial charge on any atom is -0.464 e. The van der Waals surface area contributed by atoms with E-state index in [-0.39, 0.29) is 36.6 Å². The summed E-state index contributed by atoms with van der Waals surface area (Å²) in [5, 5.41) is 10.3. The zero-order valence-electron chi connectivity index (χ0n) is 16.2. The minimum atomic E-state index is -1.27. The van der Waals surface area contributed by atoms with Crippen molar-refractivity contribution in [3.8, 4) is 0 Å². The summed E-state index contributed by atoms with van der Waals surface area (Å²) in [6, 6.07) is 0. The molecule has 0 amide bonds. The first-order valence-electron chi connectivity index (χ1n) is 9.80. The van der Waals surface area contributed by atoms with Gasteiger partial charge in [-0.3, -0.25) is 14.4 Å². The van der Waals surface area contributed by atoms with E-state index in [0.717, 1.165) is 6.42 Å². The van der Waals surface area contributed by atoms with Crippen molar-refractivity contribution in [1.82, 2.24) is 0 Å². The predicted octanol–water partition coefficient (Wildman–Crippen LogP) is 1.55. The standard InChI is InChI=1S/C21H28O6/c1-19(2)7-6-16(23)21(15(19)9-22)11-27-18(25)20-8-12(4-5-14(20)21)13(10-26-3)17(20)24/h6-7,12-15,22H,4-5,8-11H2,1-3H3/t12-,13-,14-,15-,20-,21+/m1/s1. The maximum atomic E-state index is 13.5. The van der Waals surface area contributed by atoms with Gasteiger partial charge in [-0.15, -0.1) is 0 Å². The number of hydrogen-bond donors (Lipinski definition) is 1. The van der Waals surface area contributed by atoms with E-state index in [1.54, 1.807) is 13.2 Å². The van der Waals surface area contributed by atoms with Crippen molar-refractivity contribution in [3.63, 3.8) is 0 Å². The molecule has 27 heavy (non-hydrogen) atoms. The number of ether oxygens (including phenoxy) is 2. The zero-order valence-corrected chi connectivity index (χ0v) is 16.2. The Morgan fingerprint density at radius 2 is 2.00 bits per heavy atom. The SMILES string of the molecule is COC[C@H]1C(=O)[C@@]23C[C@H]1CC[C@H]2[C@]1(COC3=O)C(=O)C=CC(C)(C)[C@H]1CO. The van der Waals surface area contributed by atoms with Gasteiger partial charge in [-0.2, -0.15) is 0 Å². The molecular formula is C21H28O6. The average Bonchev–Trinajstić information content (AvgIpc) is 2.84. The lowest BCUT2D eigenvalue weighted by atomic mass is 9.46. The number of fused-ring (bicyclic) bond motifs is 2. The third-order valence-electron chi connectivity index (χ3n) is 7.95. The van der Waals surface area contributed by atoms with Crippen LogP contribution in [-0.4, -0.2) is 49.6 Å². The van der Waals surface area contributed by atoms with E-state index in [9.17, 15) is 19.5 Å². The fraction of sp³-hybridized carbons (Fsp3) is 0.762. The quantitative estimate of drug-likeness (QED) is 0.594. The molecule has 6 atom stereocenters. The van der Waals surface area contributed by atoms with Crippen molar-refractivity contribution < 1.29 is 29.0 Å². The summed E-state index contributed by atoms with van der Waals surface area (Å²) in [4.78, 5) is 39.7. The van der Waals surface area contributed by atoms with Gasteiger partial charge in [-0.1, -0.05) is 19.9 Å². The summed E-state index contributed by atoms with van der Waals surface area (Å²) >= 11 is 0. The average molecular weight is 376 g/mol. The Morgan fingerprint density at radius 3 is 2.67 bits per heavy atom. The summed E-state index contributed by atoms with van der Waals surface area (Å²) < 4.78 is 10.8. The van der Waals surface area contributed by atoms with Crippen LogP contribution in [0.3, 0.4) is 0 Å². The number of hydrogen-bond acceptors (Lipinski definition) is 6. The van der Waals surface area contributed by atoms with Crippen LogP contribution in [0.4, 0.5) is 0 Å². The van der Waals surface area contributed by atoms with E-state index in [4.69, 9.17) is 9.47 Å². The highest BCUT2D eigenvalue weighted by molar-refractivity contribution is 6.10. The van der Waals surface area contributed by atoms with Crippen molar-refractivity contribution in [2.75, 3.05) is 26.9 Å². The van der Waals surface area contributed by atoms with Crippen LogP contribution >= 0.6 is 0 Å².